The Hall–Kier alpha value is -1.55. The average molecular weight is 373 g/mol. The van der Waals surface area contributed by atoms with Gasteiger partial charge in [-0.1, -0.05) is 42.8 Å². The van der Waals surface area contributed by atoms with Crippen LogP contribution in [-0.4, -0.2) is 30.6 Å². The normalized spacial score (nSPS) is 17.6. The molecule has 2 aromatic carbocycles. The van der Waals surface area contributed by atoms with Gasteiger partial charge in [0.15, 0.2) is 0 Å². The number of ether oxygens (including phenoxy) is 1. The van der Waals surface area contributed by atoms with E-state index in [-0.39, 0.29) is 0 Å². The summed E-state index contributed by atoms with van der Waals surface area (Å²) in [4.78, 5) is 2.56. The van der Waals surface area contributed by atoms with Crippen LogP contribution in [0.4, 0.5) is 0 Å². The van der Waals surface area contributed by atoms with Gasteiger partial charge in [0.1, 0.15) is 12.4 Å². The van der Waals surface area contributed by atoms with E-state index in [2.05, 4.69) is 48.3 Å². The van der Waals surface area contributed by atoms with E-state index in [0.717, 1.165) is 36.0 Å². The van der Waals surface area contributed by atoms with Crippen LogP contribution in [0.3, 0.4) is 0 Å². The second-order valence-corrected chi connectivity index (χ2v) is 7.46. The lowest BCUT2D eigenvalue weighted by molar-refractivity contribution is 0.259. The molecule has 1 aliphatic rings. The minimum atomic E-state index is 0.577. The van der Waals surface area contributed by atoms with Gasteiger partial charge in [-0.15, -0.1) is 0 Å². The second kappa shape index (κ2) is 9.40. The maximum atomic E-state index is 6.22. The number of aryl methyl sites for hydroxylation is 1. The smallest absolute Gasteiger partial charge is 0.124 e. The molecule has 1 fully saturated rings. The van der Waals surface area contributed by atoms with Gasteiger partial charge in [0.2, 0.25) is 0 Å². The number of rotatable bonds is 8. The zero-order valence-corrected chi connectivity index (χ0v) is 16.6. The third-order valence-corrected chi connectivity index (χ3v) is 5.50. The zero-order valence-electron chi connectivity index (χ0n) is 15.8. The van der Waals surface area contributed by atoms with E-state index in [1.807, 2.05) is 18.2 Å². The van der Waals surface area contributed by atoms with Crippen molar-refractivity contribution >= 4 is 11.6 Å². The highest BCUT2D eigenvalue weighted by Gasteiger charge is 2.22. The van der Waals surface area contributed by atoms with Crippen LogP contribution in [0.2, 0.25) is 5.02 Å². The van der Waals surface area contributed by atoms with Crippen molar-refractivity contribution in [3.05, 3.63) is 64.2 Å². The molecule has 4 heteroatoms. The minimum Gasteiger partial charge on any atom is -0.489 e. The Bertz CT molecular complexity index is 719. The summed E-state index contributed by atoms with van der Waals surface area (Å²) in [5, 5.41) is 4.36. The van der Waals surface area contributed by atoms with Crippen LogP contribution in [-0.2, 0) is 13.2 Å². The first-order valence-corrected chi connectivity index (χ1v) is 9.95. The Morgan fingerprint density at radius 3 is 2.85 bits per heavy atom. The third-order valence-electron chi connectivity index (χ3n) is 5.27. The van der Waals surface area contributed by atoms with E-state index in [1.54, 1.807) is 0 Å². The number of likely N-dealkylation sites (N-methyl/N-ethyl adjacent to an activating group) is 1. The lowest BCUT2D eigenvalue weighted by Crippen LogP contribution is -2.37. The summed E-state index contributed by atoms with van der Waals surface area (Å²) in [6.45, 7) is 9.08. The lowest BCUT2D eigenvalue weighted by atomic mass is 10.1. The van der Waals surface area contributed by atoms with Crippen molar-refractivity contribution in [2.24, 2.45) is 0 Å². The lowest BCUT2D eigenvalue weighted by Gasteiger charge is -2.23. The van der Waals surface area contributed by atoms with Crippen molar-refractivity contribution in [3.8, 4) is 5.75 Å². The van der Waals surface area contributed by atoms with Gasteiger partial charge in [-0.3, -0.25) is 4.90 Å². The van der Waals surface area contributed by atoms with E-state index in [0.29, 0.717) is 12.6 Å². The molecule has 3 nitrogen and oxygen atoms in total. The summed E-state index contributed by atoms with van der Waals surface area (Å²) in [5.41, 5.74) is 3.58. The second-order valence-electron chi connectivity index (χ2n) is 7.02. The highest BCUT2D eigenvalue weighted by Crippen LogP contribution is 2.24. The molecule has 1 N–H and O–H groups in total. The first-order valence-electron chi connectivity index (χ1n) is 9.58. The molecule has 1 atom stereocenters. The van der Waals surface area contributed by atoms with Crippen molar-refractivity contribution in [2.75, 3.05) is 19.6 Å². The van der Waals surface area contributed by atoms with Crippen molar-refractivity contribution in [2.45, 2.75) is 45.9 Å². The minimum absolute atomic E-state index is 0.577. The van der Waals surface area contributed by atoms with Gasteiger partial charge in [0.05, 0.1) is 0 Å². The topological polar surface area (TPSA) is 24.5 Å². The van der Waals surface area contributed by atoms with Crippen molar-refractivity contribution in [1.82, 2.24) is 10.2 Å². The monoisotopic (exact) mass is 372 g/mol. The number of nitrogens with one attached hydrogen (secondary N) is 1. The van der Waals surface area contributed by atoms with Crippen molar-refractivity contribution in [1.29, 1.82) is 0 Å². The van der Waals surface area contributed by atoms with E-state index in [1.165, 1.54) is 30.5 Å². The molecule has 1 aliphatic heterocycles. The van der Waals surface area contributed by atoms with Gasteiger partial charge in [-0.2, -0.15) is 0 Å². The van der Waals surface area contributed by atoms with Crippen molar-refractivity contribution in [3.63, 3.8) is 0 Å². The molecule has 2 aromatic rings. The highest BCUT2D eigenvalue weighted by atomic mass is 35.5. The fraction of sp³-hybridized carbons (Fsp3) is 0.455. The van der Waals surface area contributed by atoms with Gasteiger partial charge >= 0.3 is 0 Å². The van der Waals surface area contributed by atoms with E-state index in [4.69, 9.17) is 16.3 Å². The van der Waals surface area contributed by atoms with Crippen LogP contribution in [0.1, 0.15) is 36.5 Å². The van der Waals surface area contributed by atoms with Crippen molar-refractivity contribution < 1.29 is 4.74 Å². The van der Waals surface area contributed by atoms with Crippen LogP contribution in [0.25, 0.3) is 0 Å². The maximum Gasteiger partial charge on any atom is 0.124 e. The van der Waals surface area contributed by atoms with Crippen LogP contribution in [0.5, 0.6) is 5.75 Å². The molecule has 0 spiro atoms. The van der Waals surface area contributed by atoms with Gasteiger partial charge in [-0.25, -0.2) is 0 Å². The number of hydrogen-bond acceptors (Lipinski definition) is 3. The number of halogens is 1. The molecule has 0 unspecified atom stereocenters. The predicted molar refractivity (Wildman–Crippen MR) is 109 cm³/mol. The summed E-state index contributed by atoms with van der Waals surface area (Å²) in [5.74, 6) is 0.906. The number of benzene rings is 2. The zero-order chi connectivity index (χ0) is 18.4. The molecule has 0 aliphatic carbocycles. The molecular formula is C22H29ClN2O. The number of hydrogen-bond donors (Lipinski definition) is 1. The Morgan fingerprint density at radius 2 is 2.04 bits per heavy atom. The molecule has 1 heterocycles. The summed E-state index contributed by atoms with van der Waals surface area (Å²) < 4.78 is 6.11. The van der Waals surface area contributed by atoms with E-state index >= 15 is 0 Å². The summed E-state index contributed by atoms with van der Waals surface area (Å²) in [6.07, 6.45) is 2.59. The molecule has 26 heavy (non-hydrogen) atoms. The van der Waals surface area contributed by atoms with Crippen LogP contribution in [0, 0.1) is 6.92 Å². The first-order chi connectivity index (χ1) is 12.7. The van der Waals surface area contributed by atoms with Gasteiger partial charge in [-0.05, 0) is 62.2 Å². The average Bonchev–Trinajstić information content (AvgIpc) is 3.10. The molecule has 1 saturated heterocycles. The van der Waals surface area contributed by atoms with Gasteiger partial charge in [0.25, 0.3) is 0 Å². The summed E-state index contributed by atoms with van der Waals surface area (Å²) in [7, 11) is 0. The number of nitrogens with zero attached hydrogens (tertiary/aromatic N) is 1. The predicted octanol–water partition coefficient (Wildman–Crippen LogP) is 4.80. The van der Waals surface area contributed by atoms with Crippen LogP contribution >= 0.6 is 11.6 Å². The first kappa shape index (κ1) is 19.2. The Kier molecular flexibility index (Phi) is 6.95. The van der Waals surface area contributed by atoms with Crippen LogP contribution < -0.4 is 10.1 Å². The molecule has 140 valence electrons. The van der Waals surface area contributed by atoms with E-state index in [9.17, 15) is 0 Å². The molecule has 3 rings (SSSR count). The summed E-state index contributed by atoms with van der Waals surface area (Å²) in [6, 6.07) is 14.9. The van der Waals surface area contributed by atoms with E-state index < -0.39 is 0 Å². The van der Waals surface area contributed by atoms with Gasteiger partial charge in [0, 0.05) is 29.7 Å². The molecule has 0 bridgehead atoms. The Balaban J connectivity index is 1.59. The highest BCUT2D eigenvalue weighted by molar-refractivity contribution is 6.30. The molecule has 0 amide bonds. The Morgan fingerprint density at radius 1 is 1.19 bits per heavy atom. The fourth-order valence-electron chi connectivity index (χ4n) is 3.67. The molecule has 0 aromatic heterocycles. The standard InChI is InChI=1S/C22H29ClN2O/c1-3-25-12-6-9-21(25)15-24-14-19-13-20(23)10-11-22(19)26-16-18-8-5-4-7-17(18)2/h4-5,7-8,10-11,13,21,24H,3,6,9,12,14-16H2,1-2H3/t21-/m0/s1. The molecular weight excluding hydrogens is 344 g/mol. The van der Waals surface area contributed by atoms with Gasteiger partial charge < -0.3 is 10.1 Å². The maximum absolute atomic E-state index is 6.22. The Labute approximate surface area is 162 Å². The number of likely N-dealkylation sites (tertiary alicyclic amines) is 1. The largest absolute Gasteiger partial charge is 0.489 e. The quantitative estimate of drug-likeness (QED) is 0.720. The van der Waals surface area contributed by atoms with Crippen LogP contribution in [0.15, 0.2) is 42.5 Å². The molecule has 0 radical (unpaired) electrons. The third kappa shape index (κ3) is 5.00. The molecule has 0 saturated carbocycles. The fourth-order valence-corrected chi connectivity index (χ4v) is 3.87. The SMILES string of the molecule is CCN1CCC[C@H]1CNCc1cc(Cl)ccc1OCc1ccccc1C. The summed E-state index contributed by atoms with van der Waals surface area (Å²) >= 11 is 6.22.